The first-order valence-electron chi connectivity index (χ1n) is 4.95. The smallest absolute Gasteiger partial charge is 0.244 e. The van der Waals surface area contributed by atoms with Gasteiger partial charge in [-0.2, -0.15) is 0 Å². The van der Waals surface area contributed by atoms with Crippen LogP contribution in [0, 0.1) is 0 Å². The zero-order chi connectivity index (χ0) is 12.9. The molecule has 0 aliphatic carbocycles. The molecule has 5 nitrogen and oxygen atoms in total. The second-order valence-corrected chi connectivity index (χ2v) is 5.44. The third kappa shape index (κ3) is 3.85. The summed E-state index contributed by atoms with van der Waals surface area (Å²) in [5, 5.41) is 8.99. The minimum absolute atomic E-state index is 0.0299. The first-order chi connectivity index (χ1) is 8.01. The second kappa shape index (κ2) is 6.20. The number of sulfonamides is 1. The van der Waals surface area contributed by atoms with E-state index in [1.807, 2.05) is 0 Å². The van der Waals surface area contributed by atoms with E-state index in [0.29, 0.717) is 11.4 Å². The number of rotatable bonds is 6. The van der Waals surface area contributed by atoms with Crippen molar-refractivity contribution in [3.05, 3.63) is 23.2 Å². The summed E-state index contributed by atoms with van der Waals surface area (Å²) in [7, 11) is -2.26. The topological polar surface area (TPSA) is 75.6 Å². The van der Waals surface area contributed by atoms with E-state index in [-0.39, 0.29) is 23.8 Å². The molecule has 0 amide bonds. The first kappa shape index (κ1) is 14.2. The maximum atomic E-state index is 11.9. The minimum Gasteiger partial charge on any atom is -0.495 e. The summed E-state index contributed by atoms with van der Waals surface area (Å²) in [6, 6.07) is 4.29. The Labute approximate surface area is 105 Å². The molecule has 7 heteroatoms. The third-order valence-electron chi connectivity index (χ3n) is 2.04. The number of benzene rings is 1. The van der Waals surface area contributed by atoms with Crippen molar-refractivity contribution < 1.29 is 18.3 Å². The van der Waals surface area contributed by atoms with Gasteiger partial charge in [-0.1, -0.05) is 11.6 Å². The number of hydrogen-bond donors (Lipinski definition) is 2. The molecule has 0 aliphatic rings. The monoisotopic (exact) mass is 279 g/mol. The van der Waals surface area contributed by atoms with E-state index in [9.17, 15) is 8.42 Å². The molecule has 1 aromatic carbocycles. The van der Waals surface area contributed by atoms with E-state index in [1.54, 1.807) is 0 Å². The van der Waals surface area contributed by atoms with Crippen molar-refractivity contribution in [2.24, 2.45) is 0 Å². The number of hydrogen-bond acceptors (Lipinski definition) is 4. The van der Waals surface area contributed by atoms with E-state index < -0.39 is 10.0 Å². The standard InChI is InChI=1S/C10H14ClNO4S/c1-16-9-7-8(11)3-4-10(9)17(14,15)12-5-2-6-13/h3-4,7,12-13H,2,5-6H2,1H3. The summed E-state index contributed by atoms with van der Waals surface area (Å²) >= 11 is 5.74. The lowest BCUT2D eigenvalue weighted by Crippen LogP contribution is -2.25. The lowest BCUT2D eigenvalue weighted by atomic mass is 10.3. The van der Waals surface area contributed by atoms with Crippen LogP contribution < -0.4 is 9.46 Å². The highest BCUT2D eigenvalue weighted by molar-refractivity contribution is 7.89. The molecule has 0 aliphatic heterocycles. The highest BCUT2D eigenvalue weighted by Gasteiger charge is 2.18. The van der Waals surface area contributed by atoms with Crippen molar-refractivity contribution >= 4 is 21.6 Å². The van der Waals surface area contributed by atoms with Crippen molar-refractivity contribution in [1.82, 2.24) is 4.72 Å². The quantitative estimate of drug-likeness (QED) is 0.762. The fourth-order valence-electron chi connectivity index (χ4n) is 1.23. The molecule has 0 spiro atoms. The van der Waals surface area contributed by atoms with Gasteiger partial charge in [-0.15, -0.1) is 0 Å². The minimum atomic E-state index is -3.64. The van der Waals surface area contributed by atoms with Gasteiger partial charge in [0, 0.05) is 24.2 Å². The molecule has 0 saturated heterocycles. The van der Waals surface area contributed by atoms with Gasteiger partial charge in [0.05, 0.1) is 7.11 Å². The Hall–Kier alpha value is -0.820. The Morgan fingerprint density at radius 1 is 1.47 bits per heavy atom. The average molecular weight is 280 g/mol. The van der Waals surface area contributed by atoms with E-state index in [0.717, 1.165) is 0 Å². The van der Waals surface area contributed by atoms with Gasteiger partial charge in [0.25, 0.3) is 0 Å². The Morgan fingerprint density at radius 3 is 2.76 bits per heavy atom. The van der Waals surface area contributed by atoms with Crippen molar-refractivity contribution in [2.75, 3.05) is 20.3 Å². The molecule has 17 heavy (non-hydrogen) atoms. The molecule has 0 radical (unpaired) electrons. The number of aliphatic hydroxyl groups is 1. The number of nitrogens with one attached hydrogen (secondary N) is 1. The van der Waals surface area contributed by atoms with Gasteiger partial charge in [0.1, 0.15) is 10.6 Å². The zero-order valence-electron chi connectivity index (χ0n) is 9.31. The van der Waals surface area contributed by atoms with Gasteiger partial charge < -0.3 is 9.84 Å². The third-order valence-corrected chi connectivity index (χ3v) is 3.78. The Kier molecular flexibility index (Phi) is 5.20. The largest absolute Gasteiger partial charge is 0.495 e. The highest BCUT2D eigenvalue weighted by Crippen LogP contribution is 2.26. The molecule has 0 saturated carbocycles. The normalized spacial score (nSPS) is 11.5. The molecule has 2 N–H and O–H groups in total. The van der Waals surface area contributed by atoms with Crippen LogP contribution in [0.1, 0.15) is 6.42 Å². The molecular weight excluding hydrogens is 266 g/mol. The summed E-state index contributed by atoms with van der Waals surface area (Å²) in [6.07, 6.45) is 0.356. The lowest BCUT2D eigenvalue weighted by molar-refractivity contribution is 0.289. The van der Waals surface area contributed by atoms with Crippen molar-refractivity contribution in [3.63, 3.8) is 0 Å². The first-order valence-corrected chi connectivity index (χ1v) is 6.81. The number of aliphatic hydroxyl groups excluding tert-OH is 1. The van der Waals surface area contributed by atoms with Crippen LogP contribution >= 0.6 is 11.6 Å². The van der Waals surface area contributed by atoms with Crippen molar-refractivity contribution in [2.45, 2.75) is 11.3 Å². The Bertz CT molecular complexity index is 475. The molecule has 96 valence electrons. The summed E-state index contributed by atoms with van der Waals surface area (Å²) in [5.74, 6) is 0.189. The molecule has 0 heterocycles. The van der Waals surface area contributed by atoms with Gasteiger partial charge >= 0.3 is 0 Å². The van der Waals surface area contributed by atoms with Crippen LogP contribution in [0.4, 0.5) is 0 Å². The van der Waals surface area contributed by atoms with Crippen LogP contribution in [0.15, 0.2) is 23.1 Å². The van der Waals surface area contributed by atoms with Crippen molar-refractivity contribution in [3.8, 4) is 5.75 Å². The maximum absolute atomic E-state index is 11.9. The van der Waals surface area contributed by atoms with Gasteiger partial charge in [-0.3, -0.25) is 0 Å². The van der Waals surface area contributed by atoms with Gasteiger partial charge in [0.15, 0.2) is 0 Å². The molecule has 0 fully saturated rings. The van der Waals surface area contributed by atoms with Gasteiger partial charge in [0.2, 0.25) is 10.0 Å². The maximum Gasteiger partial charge on any atom is 0.244 e. The summed E-state index contributed by atoms with van der Waals surface area (Å²) in [5.41, 5.74) is 0. The van der Waals surface area contributed by atoms with Gasteiger partial charge in [-0.25, -0.2) is 13.1 Å². The number of methoxy groups -OCH3 is 1. The van der Waals surface area contributed by atoms with Crippen LogP contribution in [0.3, 0.4) is 0 Å². The summed E-state index contributed by atoms with van der Waals surface area (Å²) < 4.78 is 31.1. The molecule has 0 aromatic heterocycles. The fourth-order valence-corrected chi connectivity index (χ4v) is 2.61. The SMILES string of the molecule is COc1cc(Cl)ccc1S(=O)(=O)NCCCO. The Balaban J connectivity index is 2.98. The molecule has 1 rings (SSSR count). The van der Waals surface area contributed by atoms with Crippen LogP contribution in [-0.2, 0) is 10.0 Å². The van der Waals surface area contributed by atoms with Crippen molar-refractivity contribution in [1.29, 1.82) is 0 Å². The van der Waals surface area contributed by atoms with Crippen LogP contribution in [0.5, 0.6) is 5.75 Å². The van der Waals surface area contributed by atoms with E-state index >= 15 is 0 Å². The second-order valence-electron chi connectivity index (χ2n) is 3.27. The average Bonchev–Trinajstić information content (AvgIpc) is 2.28. The lowest BCUT2D eigenvalue weighted by Gasteiger charge is -2.10. The van der Waals surface area contributed by atoms with Crippen LogP contribution in [0.25, 0.3) is 0 Å². The molecule has 1 aromatic rings. The molecule has 0 unspecified atom stereocenters. The summed E-state index contributed by atoms with van der Waals surface area (Å²) in [4.78, 5) is 0.0299. The fraction of sp³-hybridized carbons (Fsp3) is 0.400. The van der Waals surface area contributed by atoms with Gasteiger partial charge in [-0.05, 0) is 18.6 Å². The predicted molar refractivity (Wildman–Crippen MR) is 64.9 cm³/mol. The van der Waals surface area contributed by atoms with E-state index in [1.165, 1.54) is 25.3 Å². The van der Waals surface area contributed by atoms with Crippen LogP contribution in [-0.4, -0.2) is 33.8 Å². The highest BCUT2D eigenvalue weighted by atomic mass is 35.5. The number of halogens is 1. The summed E-state index contributed by atoms with van der Waals surface area (Å²) in [6.45, 7) is 0.102. The van der Waals surface area contributed by atoms with Crippen LogP contribution in [0.2, 0.25) is 5.02 Å². The molecular formula is C10H14ClNO4S. The van der Waals surface area contributed by atoms with E-state index in [2.05, 4.69) is 4.72 Å². The van der Waals surface area contributed by atoms with E-state index in [4.69, 9.17) is 21.4 Å². The number of ether oxygens (including phenoxy) is 1. The zero-order valence-corrected chi connectivity index (χ0v) is 10.9. The predicted octanol–water partition coefficient (Wildman–Crippen LogP) is 1.01. The molecule has 0 bridgehead atoms. The molecule has 0 atom stereocenters. The Morgan fingerprint density at radius 2 is 2.18 bits per heavy atom.